The minimum Gasteiger partial charge on any atom is -0.382 e. The maximum atomic E-state index is 12.6. The van der Waals surface area contributed by atoms with Crippen LogP contribution in [0.4, 0.5) is 0 Å². The normalized spacial score (nSPS) is 20.7. The van der Waals surface area contributed by atoms with Crippen LogP contribution < -0.4 is 5.32 Å². The molecule has 0 radical (unpaired) electrons. The van der Waals surface area contributed by atoms with E-state index in [1.807, 2.05) is 19.1 Å². The Balaban J connectivity index is 2.05. The van der Waals surface area contributed by atoms with Crippen molar-refractivity contribution in [3.8, 4) is 0 Å². The highest BCUT2D eigenvalue weighted by Crippen LogP contribution is 2.23. The number of carbonyl (C=O) groups excluding carboxylic acids is 2. The summed E-state index contributed by atoms with van der Waals surface area (Å²) in [7, 11) is 3.14. The van der Waals surface area contributed by atoms with Crippen LogP contribution in [0.1, 0.15) is 17.7 Å². The number of amides is 2. The van der Waals surface area contributed by atoms with E-state index < -0.39 is 5.60 Å². The monoisotopic (exact) mass is 335 g/mol. The second-order valence-electron chi connectivity index (χ2n) is 6.13. The molecule has 1 aliphatic rings. The molecule has 2 rings (SSSR count). The zero-order chi connectivity index (χ0) is 17.6. The van der Waals surface area contributed by atoms with E-state index in [2.05, 4.69) is 10.3 Å². The van der Waals surface area contributed by atoms with E-state index in [1.54, 1.807) is 25.3 Å². The van der Waals surface area contributed by atoms with Crippen LogP contribution in [-0.2, 0) is 25.5 Å². The van der Waals surface area contributed by atoms with Gasteiger partial charge >= 0.3 is 0 Å². The Morgan fingerprint density at radius 2 is 2.25 bits per heavy atom. The van der Waals surface area contributed by atoms with Crippen LogP contribution in [0.2, 0.25) is 0 Å². The van der Waals surface area contributed by atoms with Gasteiger partial charge in [0.15, 0.2) is 0 Å². The number of nitrogens with one attached hydrogen (secondary N) is 1. The molecule has 2 amide bonds. The van der Waals surface area contributed by atoms with Gasteiger partial charge in [0.05, 0.1) is 32.6 Å². The lowest BCUT2D eigenvalue weighted by molar-refractivity contribution is -0.166. The Kier molecular flexibility index (Phi) is 6.28. The van der Waals surface area contributed by atoms with E-state index >= 15 is 0 Å². The highest BCUT2D eigenvalue weighted by Gasteiger charge is 2.40. The molecule has 7 nitrogen and oxygen atoms in total. The van der Waals surface area contributed by atoms with Crippen molar-refractivity contribution >= 4 is 11.8 Å². The summed E-state index contributed by atoms with van der Waals surface area (Å²) in [5.41, 5.74) is 0.992. The average Bonchev–Trinajstić information content (AvgIpc) is 2.57. The first kappa shape index (κ1) is 18.4. The van der Waals surface area contributed by atoms with Crippen LogP contribution in [0.25, 0.3) is 0 Å². The molecule has 0 bridgehead atoms. The van der Waals surface area contributed by atoms with Gasteiger partial charge < -0.3 is 19.7 Å². The number of hydrogen-bond donors (Lipinski definition) is 1. The molecule has 0 aromatic carbocycles. The summed E-state index contributed by atoms with van der Waals surface area (Å²) >= 11 is 0. The molecule has 2 heterocycles. The third-order valence-corrected chi connectivity index (χ3v) is 4.08. The molecule has 1 atom stereocenters. The Hall–Kier alpha value is -1.99. The SMILES string of the molecule is CNC(=O)C[C@@]1(COC)CN(C(=O)Cc2ccc(C)cn2)CCO1. The van der Waals surface area contributed by atoms with Crippen molar-refractivity contribution in [1.29, 1.82) is 0 Å². The predicted molar refractivity (Wildman–Crippen MR) is 88.5 cm³/mol. The number of aryl methyl sites for hydroxylation is 1. The van der Waals surface area contributed by atoms with Crippen molar-refractivity contribution < 1.29 is 19.1 Å². The van der Waals surface area contributed by atoms with E-state index in [1.165, 1.54) is 0 Å². The number of pyridine rings is 1. The summed E-state index contributed by atoms with van der Waals surface area (Å²) < 4.78 is 11.1. The highest BCUT2D eigenvalue weighted by atomic mass is 16.5. The van der Waals surface area contributed by atoms with Crippen molar-refractivity contribution in [2.75, 3.05) is 40.5 Å². The van der Waals surface area contributed by atoms with Crippen molar-refractivity contribution in [1.82, 2.24) is 15.2 Å². The molecular formula is C17H25N3O4. The van der Waals surface area contributed by atoms with Crippen LogP contribution in [0.15, 0.2) is 18.3 Å². The van der Waals surface area contributed by atoms with Gasteiger partial charge in [-0.15, -0.1) is 0 Å². The van der Waals surface area contributed by atoms with Crippen molar-refractivity contribution in [3.05, 3.63) is 29.6 Å². The third kappa shape index (κ3) is 4.75. The molecule has 0 aliphatic carbocycles. The highest BCUT2D eigenvalue weighted by molar-refractivity contribution is 5.79. The number of aromatic nitrogens is 1. The number of methoxy groups -OCH3 is 1. The average molecular weight is 335 g/mol. The lowest BCUT2D eigenvalue weighted by Crippen LogP contribution is -2.57. The predicted octanol–water partition coefficient (Wildman–Crippen LogP) is 0.313. The summed E-state index contributed by atoms with van der Waals surface area (Å²) in [5, 5.41) is 2.60. The number of nitrogens with zero attached hydrogens (tertiary/aromatic N) is 2. The zero-order valence-corrected chi connectivity index (χ0v) is 14.5. The van der Waals surface area contributed by atoms with Gasteiger partial charge in [0, 0.05) is 32.6 Å². The van der Waals surface area contributed by atoms with Gasteiger partial charge in [-0.05, 0) is 18.6 Å². The smallest absolute Gasteiger partial charge is 0.228 e. The van der Waals surface area contributed by atoms with Gasteiger partial charge in [-0.1, -0.05) is 6.07 Å². The largest absolute Gasteiger partial charge is 0.382 e. The molecule has 24 heavy (non-hydrogen) atoms. The first-order valence-corrected chi connectivity index (χ1v) is 8.01. The summed E-state index contributed by atoms with van der Waals surface area (Å²) in [6, 6.07) is 3.80. The second-order valence-corrected chi connectivity index (χ2v) is 6.13. The van der Waals surface area contributed by atoms with Crippen LogP contribution in [0.5, 0.6) is 0 Å². The molecule has 132 valence electrons. The Morgan fingerprint density at radius 1 is 1.46 bits per heavy atom. The Morgan fingerprint density at radius 3 is 2.88 bits per heavy atom. The van der Waals surface area contributed by atoms with Crippen LogP contribution in [0, 0.1) is 6.92 Å². The molecule has 1 fully saturated rings. The summed E-state index contributed by atoms with van der Waals surface area (Å²) in [6.45, 7) is 3.43. The topological polar surface area (TPSA) is 80.8 Å². The lowest BCUT2D eigenvalue weighted by atomic mass is 9.97. The molecule has 1 aromatic heterocycles. The molecule has 7 heteroatoms. The van der Waals surface area contributed by atoms with Crippen molar-refractivity contribution in [2.45, 2.75) is 25.4 Å². The molecule has 0 unspecified atom stereocenters. The zero-order valence-electron chi connectivity index (χ0n) is 14.5. The van der Waals surface area contributed by atoms with Gasteiger partial charge in [-0.25, -0.2) is 0 Å². The van der Waals surface area contributed by atoms with Gasteiger partial charge in [0.2, 0.25) is 11.8 Å². The summed E-state index contributed by atoms with van der Waals surface area (Å²) in [4.78, 5) is 30.4. The van der Waals surface area contributed by atoms with Crippen molar-refractivity contribution in [2.24, 2.45) is 0 Å². The van der Waals surface area contributed by atoms with E-state index in [9.17, 15) is 9.59 Å². The third-order valence-electron chi connectivity index (χ3n) is 4.08. The fourth-order valence-corrected chi connectivity index (χ4v) is 2.82. The molecular weight excluding hydrogens is 310 g/mol. The lowest BCUT2D eigenvalue weighted by Gasteiger charge is -2.42. The van der Waals surface area contributed by atoms with Gasteiger partial charge in [0.1, 0.15) is 5.60 Å². The van der Waals surface area contributed by atoms with E-state index in [-0.39, 0.29) is 31.3 Å². The van der Waals surface area contributed by atoms with E-state index in [0.717, 1.165) is 11.3 Å². The van der Waals surface area contributed by atoms with Gasteiger partial charge in [-0.3, -0.25) is 14.6 Å². The number of ether oxygens (including phenoxy) is 2. The Labute approximate surface area is 142 Å². The van der Waals surface area contributed by atoms with Crippen LogP contribution in [0.3, 0.4) is 0 Å². The summed E-state index contributed by atoms with van der Waals surface area (Å²) in [6.07, 6.45) is 2.15. The number of morpholine rings is 1. The van der Waals surface area contributed by atoms with Gasteiger partial charge in [-0.2, -0.15) is 0 Å². The maximum Gasteiger partial charge on any atom is 0.228 e. The van der Waals surface area contributed by atoms with Gasteiger partial charge in [0.25, 0.3) is 0 Å². The van der Waals surface area contributed by atoms with E-state index in [4.69, 9.17) is 9.47 Å². The standard InChI is InChI=1S/C17H25N3O4/c1-13-4-5-14(19-10-13)8-16(22)20-6-7-24-17(11-20,12-23-3)9-15(21)18-2/h4-5,10H,6-9,11-12H2,1-3H3,(H,18,21)/t17-/m0/s1. The minimum atomic E-state index is -0.802. The fraction of sp³-hybridized carbons (Fsp3) is 0.588. The fourth-order valence-electron chi connectivity index (χ4n) is 2.82. The molecule has 1 saturated heterocycles. The molecule has 1 aromatic rings. The number of carbonyl (C=O) groups is 2. The minimum absolute atomic E-state index is 0.0213. The Bertz CT molecular complexity index is 572. The molecule has 1 N–H and O–H groups in total. The number of rotatable bonds is 6. The van der Waals surface area contributed by atoms with Crippen LogP contribution in [-0.4, -0.2) is 67.8 Å². The quantitative estimate of drug-likeness (QED) is 0.809. The molecule has 0 saturated carbocycles. The summed E-state index contributed by atoms with van der Waals surface area (Å²) in [5.74, 6) is -0.159. The van der Waals surface area contributed by atoms with Crippen molar-refractivity contribution in [3.63, 3.8) is 0 Å². The maximum absolute atomic E-state index is 12.6. The molecule has 1 aliphatic heterocycles. The van der Waals surface area contributed by atoms with E-state index in [0.29, 0.717) is 19.7 Å². The first-order chi connectivity index (χ1) is 11.5. The molecule has 0 spiro atoms. The number of hydrogen-bond acceptors (Lipinski definition) is 5. The second kappa shape index (κ2) is 8.21. The first-order valence-electron chi connectivity index (χ1n) is 8.01. The van der Waals surface area contributed by atoms with Crippen LogP contribution >= 0.6 is 0 Å².